The maximum absolute atomic E-state index is 6.55. The van der Waals surface area contributed by atoms with E-state index in [2.05, 4.69) is 26.2 Å². The number of hydrogen-bond acceptors (Lipinski definition) is 2. The molecule has 1 atom stereocenters. The van der Waals surface area contributed by atoms with E-state index in [1.54, 1.807) is 18.4 Å². The molecule has 1 aromatic heterocycles. The Bertz CT molecular complexity index is 402. The fourth-order valence-corrected chi connectivity index (χ4v) is 4.62. The van der Waals surface area contributed by atoms with Gasteiger partial charge in [-0.3, -0.25) is 0 Å². The van der Waals surface area contributed by atoms with Gasteiger partial charge in [-0.05, 0) is 12.8 Å². The Labute approximate surface area is 140 Å². The molecule has 1 aromatic rings. The van der Waals surface area contributed by atoms with Crippen molar-refractivity contribution in [3.63, 3.8) is 0 Å². The Kier molecular flexibility index (Phi) is 8.73. The minimum atomic E-state index is 0.210. The Balaban J connectivity index is 2.80. The van der Waals surface area contributed by atoms with Gasteiger partial charge in [0.1, 0.15) is 5.75 Å². The van der Waals surface area contributed by atoms with Crippen LogP contribution in [-0.2, 0) is 5.41 Å². The van der Waals surface area contributed by atoms with E-state index < -0.39 is 0 Å². The van der Waals surface area contributed by atoms with E-state index in [1.165, 1.54) is 62.7 Å². The molecule has 0 aliphatic rings. The molecular formula is C18H31ClOS. The number of ether oxygens (including phenoxy) is 1. The molecule has 0 radical (unpaired) electrons. The van der Waals surface area contributed by atoms with Crippen LogP contribution in [0.25, 0.3) is 0 Å². The van der Waals surface area contributed by atoms with E-state index in [0.29, 0.717) is 0 Å². The van der Waals surface area contributed by atoms with Crippen LogP contribution in [0.1, 0.15) is 83.4 Å². The molecule has 1 nitrogen and oxygen atoms in total. The minimum absolute atomic E-state index is 0.210. The van der Waals surface area contributed by atoms with Crippen molar-refractivity contribution >= 4 is 22.9 Å². The highest BCUT2D eigenvalue weighted by atomic mass is 35.5. The highest BCUT2D eigenvalue weighted by molar-refractivity contribution is 7.11. The van der Waals surface area contributed by atoms with Gasteiger partial charge in [-0.2, -0.15) is 0 Å². The molecule has 1 rings (SSSR count). The zero-order chi connectivity index (χ0) is 15.7. The molecule has 122 valence electrons. The fraction of sp³-hybridized carbons (Fsp3) is 0.778. The van der Waals surface area contributed by atoms with Gasteiger partial charge in [0.25, 0.3) is 0 Å². The van der Waals surface area contributed by atoms with Gasteiger partial charge in [-0.15, -0.1) is 11.3 Å². The first kappa shape index (κ1) is 18.8. The topological polar surface area (TPSA) is 9.23 Å². The molecule has 0 aromatic carbocycles. The molecule has 0 N–H and O–H groups in total. The summed E-state index contributed by atoms with van der Waals surface area (Å²) in [5.74, 6) is 0.840. The van der Waals surface area contributed by atoms with Crippen LogP contribution in [0, 0.1) is 0 Å². The highest BCUT2D eigenvalue weighted by Crippen LogP contribution is 2.46. The SMILES string of the molecule is CCCCCCC(C)(CCCCC)c1scc(OC)c1Cl. The molecule has 0 bridgehead atoms. The summed E-state index contributed by atoms with van der Waals surface area (Å²) in [6, 6.07) is 0. The first-order valence-electron chi connectivity index (χ1n) is 8.40. The van der Waals surface area contributed by atoms with Gasteiger partial charge >= 0.3 is 0 Å². The fourth-order valence-electron chi connectivity index (χ4n) is 2.93. The van der Waals surface area contributed by atoms with Crippen molar-refractivity contribution in [3.05, 3.63) is 15.3 Å². The molecule has 0 aliphatic carbocycles. The molecule has 21 heavy (non-hydrogen) atoms. The van der Waals surface area contributed by atoms with Gasteiger partial charge in [-0.25, -0.2) is 0 Å². The van der Waals surface area contributed by atoms with Gasteiger partial charge in [0.2, 0.25) is 0 Å². The quantitative estimate of drug-likeness (QED) is 0.389. The van der Waals surface area contributed by atoms with Crippen molar-refractivity contribution in [2.24, 2.45) is 0 Å². The number of methoxy groups -OCH3 is 1. The smallest absolute Gasteiger partial charge is 0.148 e. The van der Waals surface area contributed by atoms with Gasteiger partial charge in [0, 0.05) is 15.7 Å². The summed E-state index contributed by atoms with van der Waals surface area (Å²) >= 11 is 8.32. The third-order valence-corrected chi connectivity index (χ3v) is 6.13. The number of unbranched alkanes of at least 4 members (excludes halogenated alkanes) is 5. The predicted molar refractivity (Wildman–Crippen MR) is 96.1 cm³/mol. The van der Waals surface area contributed by atoms with Gasteiger partial charge < -0.3 is 4.74 Å². The van der Waals surface area contributed by atoms with Crippen LogP contribution >= 0.6 is 22.9 Å². The number of thiophene rings is 1. The first-order chi connectivity index (χ1) is 10.1. The van der Waals surface area contributed by atoms with Crippen LogP contribution in [0.15, 0.2) is 5.38 Å². The second-order valence-electron chi connectivity index (χ2n) is 6.28. The number of halogens is 1. The Hall–Kier alpha value is -0.210. The van der Waals surface area contributed by atoms with Crippen LogP contribution in [0.2, 0.25) is 5.02 Å². The zero-order valence-corrected chi connectivity index (χ0v) is 15.7. The van der Waals surface area contributed by atoms with Crippen molar-refractivity contribution < 1.29 is 4.74 Å². The van der Waals surface area contributed by atoms with E-state index in [0.717, 1.165) is 10.8 Å². The molecule has 1 heterocycles. The summed E-state index contributed by atoms with van der Waals surface area (Å²) < 4.78 is 5.37. The average Bonchev–Trinajstić information content (AvgIpc) is 2.85. The summed E-state index contributed by atoms with van der Waals surface area (Å²) in [6.45, 7) is 6.92. The van der Waals surface area contributed by atoms with Crippen LogP contribution < -0.4 is 4.74 Å². The zero-order valence-electron chi connectivity index (χ0n) is 14.1. The second kappa shape index (κ2) is 9.74. The monoisotopic (exact) mass is 330 g/mol. The normalized spacial score (nSPS) is 14.1. The summed E-state index contributed by atoms with van der Waals surface area (Å²) in [5, 5.41) is 2.90. The number of hydrogen-bond donors (Lipinski definition) is 0. The molecule has 0 aliphatic heterocycles. The van der Waals surface area contributed by atoms with Crippen LogP contribution in [-0.4, -0.2) is 7.11 Å². The largest absolute Gasteiger partial charge is 0.494 e. The Morgan fingerprint density at radius 3 is 2.14 bits per heavy atom. The van der Waals surface area contributed by atoms with Crippen molar-refractivity contribution in [3.8, 4) is 5.75 Å². The molecular weight excluding hydrogens is 300 g/mol. The Morgan fingerprint density at radius 1 is 1.05 bits per heavy atom. The predicted octanol–water partition coefficient (Wildman–Crippen LogP) is 7.22. The first-order valence-corrected chi connectivity index (χ1v) is 9.66. The van der Waals surface area contributed by atoms with Crippen LogP contribution in [0.4, 0.5) is 0 Å². The van der Waals surface area contributed by atoms with Crippen LogP contribution in [0.3, 0.4) is 0 Å². The third-order valence-electron chi connectivity index (χ3n) is 4.38. The van der Waals surface area contributed by atoms with Gasteiger partial charge in [0.05, 0.1) is 12.1 Å². The summed E-state index contributed by atoms with van der Waals surface area (Å²) in [4.78, 5) is 1.33. The molecule has 3 heteroatoms. The molecule has 0 spiro atoms. The molecule has 0 fully saturated rings. The maximum atomic E-state index is 6.55. The molecule has 0 saturated carbocycles. The molecule has 0 amide bonds. The molecule has 1 unspecified atom stereocenters. The number of rotatable bonds is 11. The van der Waals surface area contributed by atoms with Crippen molar-refractivity contribution in [1.29, 1.82) is 0 Å². The summed E-state index contributed by atoms with van der Waals surface area (Å²) in [6.07, 6.45) is 11.6. The van der Waals surface area contributed by atoms with E-state index in [9.17, 15) is 0 Å². The van der Waals surface area contributed by atoms with E-state index >= 15 is 0 Å². The second-order valence-corrected chi connectivity index (χ2v) is 7.53. The lowest BCUT2D eigenvalue weighted by molar-refractivity contribution is 0.369. The van der Waals surface area contributed by atoms with E-state index in [1.807, 2.05) is 0 Å². The average molecular weight is 331 g/mol. The van der Waals surface area contributed by atoms with Crippen molar-refractivity contribution in [2.75, 3.05) is 7.11 Å². The lowest BCUT2D eigenvalue weighted by Crippen LogP contribution is -2.21. The third kappa shape index (κ3) is 5.49. The van der Waals surface area contributed by atoms with Crippen molar-refractivity contribution in [2.45, 2.75) is 84.0 Å². The lowest BCUT2D eigenvalue weighted by Gasteiger charge is -2.29. The summed E-state index contributed by atoms with van der Waals surface area (Å²) in [7, 11) is 1.70. The minimum Gasteiger partial charge on any atom is -0.494 e. The van der Waals surface area contributed by atoms with Crippen LogP contribution in [0.5, 0.6) is 5.75 Å². The molecule has 0 saturated heterocycles. The van der Waals surface area contributed by atoms with E-state index in [-0.39, 0.29) is 5.41 Å². The lowest BCUT2D eigenvalue weighted by atomic mass is 9.78. The highest BCUT2D eigenvalue weighted by Gasteiger charge is 2.31. The standard InChI is InChI=1S/C18H31ClOS/c1-5-7-9-11-13-18(3,12-10-8-6-2)17-16(19)15(20-4)14-21-17/h14H,5-13H2,1-4H3. The van der Waals surface area contributed by atoms with E-state index in [4.69, 9.17) is 16.3 Å². The van der Waals surface area contributed by atoms with Crippen molar-refractivity contribution in [1.82, 2.24) is 0 Å². The van der Waals surface area contributed by atoms with Gasteiger partial charge in [-0.1, -0.05) is 77.3 Å². The summed E-state index contributed by atoms with van der Waals surface area (Å²) in [5.41, 5.74) is 0.210. The van der Waals surface area contributed by atoms with Gasteiger partial charge in [0.15, 0.2) is 0 Å². The Morgan fingerprint density at radius 2 is 1.62 bits per heavy atom. The maximum Gasteiger partial charge on any atom is 0.148 e.